The molecule has 0 aliphatic carbocycles. The lowest BCUT2D eigenvalue weighted by atomic mass is 9.85. The summed E-state index contributed by atoms with van der Waals surface area (Å²) < 4.78 is 17.9. The van der Waals surface area contributed by atoms with Crippen LogP contribution in [0.3, 0.4) is 0 Å². The molecule has 9 nitrogen and oxygen atoms in total. The molecule has 3 heterocycles. The van der Waals surface area contributed by atoms with Crippen LogP contribution in [0.25, 0.3) is 5.95 Å². The lowest BCUT2D eigenvalue weighted by Gasteiger charge is -2.25. The maximum atomic E-state index is 12.6. The number of aryl methyl sites for hydroxylation is 1. The van der Waals surface area contributed by atoms with E-state index in [1.807, 2.05) is 19.1 Å². The van der Waals surface area contributed by atoms with Gasteiger partial charge in [-0.3, -0.25) is 4.79 Å². The van der Waals surface area contributed by atoms with Gasteiger partial charge in [0.15, 0.2) is 11.5 Å². The van der Waals surface area contributed by atoms with E-state index in [1.54, 1.807) is 44.5 Å². The van der Waals surface area contributed by atoms with Gasteiger partial charge in [-0.25, -0.2) is 9.97 Å². The minimum atomic E-state index is -0.232. The van der Waals surface area contributed by atoms with Crippen molar-refractivity contribution < 1.29 is 19.0 Å². The van der Waals surface area contributed by atoms with E-state index >= 15 is 0 Å². The number of benzene rings is 1. The van der Waals surface area contributed by atoms with E-state index in [2.05, 4.69) is 20.4 Å². The van der Waals surface area contributed by atoms with Crippen LogP contribution in [-0.4, -0.2) is 47.0 Å². The van der Waals surface area contributed by atoms with Gasteiger partial charge in [-0.2, -0.15) is 9.78 Å². The number of hydrogen-bond donors (Lipinski definition) is 1. The van der Waals surface area contributed by atoms with Crippen molar-refractivity contribution in [2.45, 2.75) is 19.3 Å². The molecular formula is C20H21N5O4. The molecule has 1 aromatic carbocycles. The molecular weight excluding hydrogens is 374 g/mol. The summed E-state index contributed by atoms with van der Waals surface area (Å²) in [6.07, 6.45) is 3.54. The lowest BCUT2D eigenvalue weighted by Crippen LogP contribution is -2.25. The number of hydrogen-bond acceptors (Lipinski definition) is 7. The number of aromatic nitrogens is 4. The third kappa shape index (κ3) is 3.14. The van der Waals surface area contributed by atoms with Crippen molar-refractivity contribution in [1.29, 1.82) is 0 Å². The van der Waals surface area contributed by atoms with E-state index in [0.29, 0.717) is 29.0 Å². The standard InChI is InChI=1S/C20H21N5O4/c1-11-17-13(12-8-14(27-2)18(29-4)15(9-12)28-3)10-16(26)23-19(17)25(24-11)20-21-6-5-7-22-20/h5-9,13H,10H2,1-4H3,(H,23,26)/t13-/m1/s1. The predicted octanol–water partition coefficient (Wildman–Crippen LogP) is 2.47. The van der Waals surface area contributed by atoms with Gasteiger partial charge in [0.25, 0.3) is 5.95 Å². The number of fused-ring (bicyclic) bond motifs is 1. The number of methoxy groups -OCH3 is 3. The fourth-order valence-corrected chi connectivity index (χ4v) is 3.68. The van der Waals surface area contributed by atoms with Crippen LogP contribution in [0.1, 0.15) is 29.2 Å². The zero-order chi connectivity index (χ0) is 20.5. The van der Waals surface area contributed by atoms with Gasteiger partial charge in [0.1, 0.15) is 5.82 Å². The average molecular weight is 395 g/mol. The number of nitrogens with zero attached hydrogens (tertiary/aromatic N) is 4. The van der Waals surface area contributed by atoms with Crippen LogP contribution in [0.2, 0.25) is 0 Å². The Morgan fingerprint density at radius 1 is 1.07 bits per heavy atom. The molecule has 4 rings (SSSR count). The molecule has 0 saturated carbocycles. The van der Waals surface area contributed by atoms with Crippen molar-refractivity contribution in [3.8, 4) is 23.2 Å². The van der Waals surface area contributed by atoms with Crippen LogP contribution >= 0.6 is 0 Å². The van der Waals surface area contributed by atoms with E-state index < -0.39 is 0 Å². The van der Waals surface area contributed by atoms with Gasteiger partial charge in [-0.15, -0.1) is 0 Å². The van der Waals surface area contributed by atoms with Crippen molar-refractivity contribution >= 4 is 11.7 Å². The van der Waals surface area contributed by atoms with Gasteiger partial charge in [0, 0.05) is 30.3 Å². The summed E-state index contributed by atoms with van der Waals surface area (Å²) in [5, 5.41) is 7.50. The minimum Gasteiger partial charge on any atom is -0.493 e. The Balaban J connectivity index is 1.89. The Morgan fingerprint density at radius 3 is 2.31 bits per heavy atom. The molecule has 1 amide bonds. The highest BCUT2D eigenvalue weighted by atomic mass is 16.5. The minimum absolute atomic E-state index is 0.117. The number of ether oxygens (including phenoxy) is 3. The van der Waals surface area contributed by atoms with Gasteiger partial charge in [-0.05, 0) is 30.7 Å². The second kappa shape index (κ2) is 7.42. The molecule has 9 heteroatoms. The molecule has 0 bridgehead atoms. The third-order valence-electron chi connectivity index (χ3n) is 4.93. The smallest absolute Gasteiger partial charge is 0.252 e. The molecule has 0 spiro atoms. The number of rotatable bonds is 5. The fraction of sp³-hybridized carbons (Fsp3) is 0.300. The monoisotopic (exact) mass is 395 g/mol. The summed E-state index contributed by atoms with van der Waals surface area (Å²) in [6, 6.07) is 5.46. The maximum Gasteiger partial charge on any atom is 0.252 e. The zero-order valence-electron chi connectivity index (χ0n) is 16.6. The third-order valence-corrected chi connectivity index (χ3v) is 4.93. The van der Waals surface area contributed by atoms with Crippen LogP contribution in [0.15, 0.2) is 30.6 Å². The van der Waals surface area contributed by atoms with Gasteiger partial charge in [0.2, 0.25) is 11.7 Å². The van der Waals surface area contributed by atoms with Crippen molar-refractivity contribution in [3.05, 3.63) is 47.4 Å². The van der Waals surface area contributed by atoms with E-state index in [0.717, 1.165) is 16.8 Å². The molecule has 29 heavy (non-hydrogen) atoms. The molecule has 0 radical (unpaired) electrons. The maximum absolute atomic E-state index is 12.6. The first-order valence-electron chi connectivity index (χ1n) is 9.04. The van der Waals surface area contributed by atoms with Gasteiger partial charge >= 0.3 is 0 Å². The topological polar surface area (TPSA) is 100 Å². The number of amides is 1. The first-order chi connectivity index (χ1) is 14.1. The second-order valence-electron chi connectivity index (χ2n) is 6.57. The Labute approximate surface area is 167 Å². The van der Waals surface area contributed by atoms with Gasteiger partial charge in [-0.1, -0.05) is 0 Å². The van der Waals surface area contributed by atoms with Crippen LogP contribution < -0.4 is 19.5 Å². The molecule has 150 valence electrons. The summed E-state index contributed by atoms with van der Waals surface area (Å²) in [6.45, 7) is 1.90. The Hall–Kier alpha value is -3.62. The Bertz CT molecular complexity index is 1040. The molecule has 3 aromatic rings. The largest absolute Gasteiger partial charge is 0.493 e. The first kappa shape index (κ1) is 18.7. The molecule has 1 atom stereocenters. The van der Waals surface area contributed by atoms with E-state index in [-0.39, 0.29) is 18.2 Å². The molecule has 1 N–H and O–H groups in total. The molecule has 2 aromatic heterocycles. The summed E-state index contributed by atoms with van der Waals surface area (Å²) in [4.78, 5) is 21.1. The van der Waals surface area contributed by atoms with E-state index in [4.69, 9.17) is 14.2 Å². The summed E-state index contributed by atoms with van der Waals surface area (Å²) >= 11 is 0. The fourth-order valence-electron chi connectivity index (χ4n) is 3.68. The number of anilines is 1. The van der Waals surface area contributed by atoms with Crippen molar-refractivity contribution in [1.82, 2.24) is 19.7 Å². The summed E-state index contributed by atoms with van der Waals surface area (Å²) in [7, 11) is 4.69. The molecule has 1 aliphatic rings. The van der Waals surface area contributed by atoms with Gasteiger partial charge in [0.05, 0.1) is 27.0 Å². The number of nitrogens with one attached hydrogen (secondary N) is 1. The summed E-state index contributed by atoms with van der Waals surface area (Å²) in [5.74, 6) is 2.19. The highest BCUT2D eigenvalue weighted by molar-refractivity contribution is 5.95. The van der Waals surface area contributed by atoms with Crippen LogP contribution in [-0.2, 0) is 4.79 Å². The lowest BCUT2D eigenvalue weighted by molar-refractivity contribution is -0.116. The number of carbonyl (C=O) groups is 1. The Morgan fingerprint density at radius 2 is 1.72 bits per heavy atom. The number of carbonyl (C=O) groups excluding carboxylic acids is 1. The summed E-state index contributed by atoms with van der Waals surface area (Å²) in [5.41, 5.74) is 2.56. The molecule has 0 fully saturated rings. The quantitative estimate of drug-likeness (QED) is 0.708. The van der Waals surface area contributed by atoms with Crippen LogP contribution in [0.4, 0.5) is 5.82 Å². The van der Waals surface area contributed by atoms with E-state index in [9.17, 15) is 4.79 Å². The van der Waals surface area contributed by atoms with E-state index in [1.165, 1.54) is 0 Å². The molecule has 0 saturated heterocycles. The predicted molar refractivity (Wildman–Crippen MR) is 105 cm³/mol. The van der Waals surface area contributed by atoms with Crippen molar-refractivity contribution in [2.24, 2.45) is 0 Å². The van der Waals surface area contributed by atoms with Crippen molar-refractivity contribution in [2.75, 3.05) is 26.6 Å². The highest BCUT2D eigenvalue weighted by Crippen LogP contribution is 2.45. The molecule has 0 unspecified atom stereocenters. The van der Waals surface area contributed by atoms with Crippen molar-refractivity contribution in [3.63, 3.8) is 0 Å². The first-order valence-corrected chi connectivity index (χ1v) is 9.04. The SMILES string of the molecule is COc1cc([C@H]2CC(=O)Nc3c2c(C)nn3-c2ncccn2)cc(OC)c1OC. The Kier molecular flexibility index (Phi) is 4.79. The highest BCUT2D eigenvalue weighted by Gasteiger charge is 2.34. The average Bonchev–Trinajstić information content (AvgIpc) is 3.08. The second-order valence-corrected chi connectivity index (χ2v) is 6.57. The van der Waals surface area contributed by atoms with Gasteiger partial charge < -0.3 is 19.5 Å². The van der Waals surface area contributed by atoms with Crippen LogP contribution in [0, 0.1) is 6.92 Å². The molecule has 1 aliphatic heterocycles. The normalized spacial score (nSPS) is 15.4. The zero-order valence-corrected chi connectivity index (χ0v) is 16.6. The van der Waals surface area contributed by atoms with Crippen LogP contribution in [0.5, 0.6) is 17.2 Å².